The molecule has 2 nitrogen and oxygen atoms in total. The summed E-state index contributed by atoms with van der Waals surface area (Å²) in [4.78, 5) is 3.61. The number of fused-ring (bicyclic) bond motifs is 8. The summed E-state index contributed by atoms with van der Waals surface area (Å²) >= 11 is 0. The van der Waals surface area contributed by atoms with E-state index in [0.29, 0.717) is 0 Å². The number of nitrogens with one attached hydrogen (secondary N) is 1. The highest BCUT2D eigenvalue weighted by Gasteiger charge is 2.16. The summed E-state index contributed by atoms with van der Waals surface area (Å²) in [5, 5.41) is 5.15. The molecular formula is C38H24N2. The Balaban J connectivity index is 1.21. The van der Waals surface area contributed by atoms with Crippen LogP contribution in [0.5, 0.6) is 0 Å². The van der Waals surface area contributed by atoms with Crippen LogP contribution in [0.3, 0.4) is 0 Å². The minimum Gasteiger partial charge on any atom is -0.354 e. The van der Waals surface area contributed by atoms with Crippen molar-refractivity contribution in [2.75, 3.05) is 0 Å². The maximum atomic E-state index is 3.61. The van der Waals surface area contributed by atoms with Gasteiger partial charge in [0, 0.05) is 38.3 Å². The van der Waals surface area contributed by atoms with Gasteiger partial charge in [0.25, 0.3) is 0 Å². The van der Waals surface area contributed by atoms with Crippen molar-refractivity contribution in [2.24, 2.45) is 0 Å². The largest absolute Gasteiger partial charge is 0.354 e. The summed E-state index contributed by atoms with van der Waals surface area (Å²) in [7, 11) is 0. The minimum atomic E-state index is 1.17. The molecule has 0 saturated carbocycles. The van der Waals surface area contributed by atoms with Crippen LogP contribution in [0.2, 0.25) is 0 Å². The normalized spacial score (nSPS) is 12.4. The summed E-state index contributed by atoms with van der Waals surface area (Å²) in [5.74, 6) is 0. The number of para-hydroxylation sites is 1. The SMILES string of the molecule is C1=Cc2c1ccc1[nH]c3ccc(-c4ccc5c(c4)c4ccccc4n5-c4ccc(-c5ccccc5)cc4)cc3c21. The molecule has 0 spiro atoms. The van der Waals surface area contributed by atoms with Crippen LogP contribution in [-0.4, -0.2) is 9.55 Å². The van der Waals surface area contributed by atoms with Crippen LogP contribution in [0, 0.1) is 0 Å². The van der Waals surface area contributed by atoms with E-state index in [-0.39, 0.29) is 0 Å². The lowest BCUT2D eigenvalue weighted by Crippen LogP contribution is -1.93. The molecule has 40 heavy (non-hydrogen) atoms. The predicted octanol–water partition coefficient (Wildman–Crippen LogP) is 10.2. The highest BCUT2D eigenvalue weighted by atomic mass is 15.0. The molecule has 1 N–H and O–H groups in total. The first-order chi connectivity index (χ1) is 19.8. The first-order valence-corrected chi connectivity index (χ1v) is 13.8. The molecule has 0 atom stereocenters. The van der Waals surface area contributed by atoms with Gasteiger partial charge in [-0.3, -0.25) is 0 Å². The summed E-state index contributed by atoms with van der Waals surface area (Å²) in [6.45, 7) is 0. The lowest BCUT2D eigenvalue weighted by Gasteiger charge is -2.11. The highest BCUT2D eigenvalue weighted by Crippen LogP contribution is 2.39. The molecule has 0 unspecified atom stereocenters. The maximum Gasteiger partial charge on any atom is 0.0541 e. The molecule has 6 aromatic carbocycles. The Hall–Kier alpha value is -5.34. The number of rotatable bonds is 3. The Labute approximate surface area is 231 Å². The lowest BCUT2D eigenvalue weighted by atomic mass is 9.92. The Kier molecular flexibility index (Phi) is 4.36. The fraction of sp³-hybridized carbons (Fsp3) is 0. The zero-order chi connectivity index (χ0) is 26.2. The molecule has 9 rings (SSSR count). The fourth-order valence-electron chi connectivity index (χ4n) is 6.48. The van der Waals surface area contributed by atoms with E-state index in [2.05, 4.69) is 149 Å². The second kappa shape index (κ2) is 8.08. The van der Waals surface area contributed by atoms with Crippen molar-refractivity contribution in [3.05, 3.63) is 139 Å². The molecule has 0 amide bonds. The predicted molar refractivity (Wildman–Crippen MR) is 170 cm³/mol. The van der Waals surface area contributed by atoms with E-state index in [1.165, 1.54) is 82.7 Å². The molecule has 0 fully saturated rings. The molecular weight excluding hydrogens is 484 g/mol. The number of aromatic nitrogens is 2. The van der Waals surface area contributed by atoms with Gasteiger partial charge in [-0.2, -0.15) is 0 Å². The molecule has 0 saturated heterocycles. The summed E-state index contributed by atoms with van der Waals surface area (Å²) in [6, 6.07) is 46.3. The fourth-order valence-corrected chi connectivity index (χ4v) is 6.48. The van der Waals surface area contributed by atoms with E-state index in [1.54, 1.807) is 0 Å². The van der Waals surface area contributed by atoms with Gasteiger partial charge in [0.1, 0.15) is 0 Å². The van der Waals surface area contributed by atoms with Crippen LogP contribution in [0.15, 0.2) is 127 Å². The Morgan fingerprint density at radius 3 is 1.95 bits per heavy atom. The van der Waals surface area contributed by atoms with Crippen LogP contribution < -0.4 is 0 Å². The molecule has 1 aliphatic carbocycles. The first kappa shape index (κ1) is 21.6. The Morgan fingerprint density at radius 1 is 0.450 bits per heavy atom. The topological polar surface area (TPSA) is 20.7 Å². The average molecular weight is 509 g/mol. The number of H-pyrrole nitrogens is 1. The minimum absolute atomic E-state index is 1.17. The monoisotopic (exact) mass is 508 g/mol. The van der Waals surface area contributed by atoms with Crippen LogP contribution in [-0.2, 0) is 0 Å². The molecule has 8 aromatic rings. The smallest absolute Gasteiger partial charge is 0.0541 e. The highest BCUT2D eigenvalue weighted by molar-refractivity contribution is 6.16. The van der Waals surface area contributed by atoms with Gasteiger partial charge in [0.2, 0.25) is 0 Å². The van der Waals surface area contributed by atoms with E-state index in [1.807, 2.05) is 0 Å². The van der Waals surface area contributed by atoms with Gasteiger partial charge in [-0.05, 0) is 81.9 Å². The van der Waals surface area contributed by atoms with E-state index in [0.717, 1.165) is 0 Å². The van der Waals surface area contributed by atoms with E-state index >= 15 is 0 Å². The van der Waals surface area contributed by atoms with Crippen molar-refractivity contribution in [3.8, 4) is 27.9 Å². The van der Waals surface area contributed by atoms with Gasteiger partial charge in [0.15, 0.2) is 0 Å². The van der Waals surface area contributed by atoms with Crippen molar-refractivity contribution >= 4 is 55.8 Å². The molecule has 2 heterocycles. The van der Waals surface area contributed by atoms with Crippen molar-refractivity contribution < 1.29 is 0 Å². The van der Waals surface area contributed by atoms with Crippen molar-refractivity contribution in [2.45, 2.75) is 0 Å². The molecule has 1 aliphatic rings. The number of aromatic amines is 1. The van der Waals surface area contributed by atoms with Gasteiger partial charge >= 0.3 is 0 Å². The van der Waals surface area contributed by atoms with E-state index in [4.69, 9.17) is 0 Å². The third-order valence-corrected chi connectivity index (χ3v) is 8.51. The van der Waals surface area contributed by atoms with Crippen molar-refractivity contribution in [1.29, 1.82) is 0 Å². The second-order valence-corrected chi connectivity index (χ2v) is 10.7. The third kappa shape index (κ3) is 3.05. The Morgan fingerprint density at radius 2 is 1.12 bits per heavy atom. The summed E-state index contributed by atoms with van der Waals surface area (Å²) in [5.41, 5.74) is 13.6. The third-order valence-electron chi connectivity index (χ3n) is 8.51. The van der Waals surface area contributed by atoms with Crippen LogP contribution >= 0.6 is 0 Å². The average Bonchev–Trinajstić information content (AvgIpc) is 3.52. The van der Waals surface area contributed by atoms with E-state index in [9.17, 15) is 0 Å². The summed E-state index contributed by atoms with van der Waals surface area (Å²) < 4.78 is 2.39. The number of hydrogen-bond acceptors (Lipinski definition) is 0. The van der Waals surface area contributed by atoms with Crippen LogP contribution in [0.4, 0.5) is 0 Å². The summed E-state index contributed by atoms with van der Waals surface area (Å²) in [6.07, 6.45) is 4.42. The van der Waals surface area contributed by atoms with Crippen molar-refractivity contribution in [1.82, 2.24) is 9.55 Å². The quantitative estimate of drug-likeness (QED) is 0.245. The molecule has 2 aromatic heterocycles. The molecule has 186 valence electrons. The Bertz CT molecular complexity index is 2290. The molecule has 0 aliphatic heterocycles. The van der Waals surface area contributed by atoms with Gasteiger partial charge in [-0.15, -0.1) is 0 Å². The number of benzene rings is 6. The zero-order valence-corrected chi connectivity index (χ0v) is 21.7. The second-order valence-electron chi connectivity index (χ2n) is 10.7. The van der Waals surface area contributed by atoms with Crippen LogP contribution in [0.1, 0.15) is 11.1 Å². The van der Waals surface area contributed by atoms with Gasteiger partial charge < -0.3 is 9.55 Å². The zero-order valence-electron chi connectivity index (χ0n) is 21.7. The van der Waals surface area contributed by atoms with Gasteiger partial charge in [0.05, 0.1) is 11.0 Å². The number of hydrogen-bond donors (Lipinski definition) is 1. The molecule has 0 bridgehead atoms. The van der Waals surface area contributed by atoms with E-state index < -0.39 is 0 Å². The standard InChI is InChI=1S/C38H24N2/c1-2-6-24(7-3-1)25-10-16-29(17-11-25)40-36-9-5-4-8-31(36)32-22-28(15-21-37(32)40)27-14-19-34-33(23-27)38-30-18-12-26(30)13-20-35(38)39-34/h1-23,39H. The number of nitrogens with zero attached hydrogens (tertiary/aromatic N) is 1. The molecule has 0 radical (unpaired) electrons. The van der Waals surface area contributed by atoms with Crippen LogP contribution in [0.25, 0.3) is 83.7 Å². The van der Waals surface area contributed by atoms with Gasteiger partial charge in [-0.1, -0.05) is 91.0 Å². The molecule has 2 heteroatoms. The van der Waals surface area contributed by atoms with Crippen molar-refractivity contribution in [3.63, 3.8) is 0 Å². The van der Waals surface area contributed by atoms with Gasteiger partial charge in [-0.25, -0.2) is 0 Å². The maximum absolute atomic E-state index is 3.61. The first-order valence-electron chi connectivity index (χ1n) is 13.8. The lowest BCUT2D eigenvalue weighted by molar-refractivity contribution is 1.18.